The van der Waals surface area contributed by atoms with E-state index in [0.717, 1.165) is 68.3 Å². The van der Waals surface area contributed by atoms with E-state index in [-0.39, 0.29) is 11.8 Å². The molecule has 2 fully saturated rings. The third-order valence-electron chi connectivity index (χ3n) is 10.8. The number of unbranched alkanes of at least 4 members (excludes halogenated alkanes) is 4. The van der Waals surface area contributed by atoms with Crippen LogP contribution in [0.2, 0.25) is 0 Å². The Kier molecular flexibility index (Phi) is 12.7. The Hall–Kier alpha value is -3.39. The number of carbonyl (C=O) groups is 1. The Labute approximate surface area is 283 Å². The van der Waals surface area contributed by atoms with Crippen molar-refractivity contribution in [2.75, 3.05) is 60.5 Å². The lowest BCUT2D eigenvalue weighted by Gasteiger charge is -2.37. The standard InChI is InChI=1S/C40H56N4O3/c1-42(36-22-27-44(28-23-36)30-32-29-37(46-2)19-20-38(32)47-3)24-13-5-4-6-14-25-43-26-21-35(31-43)40(39(41)45,33-15-9-7-10-16-33)34-17-11-8-12-18-34/h7-12,15-20,29,35-36H,4-6,13-14,21-28,30-31H2,1-3H3,(H2,41,45)/t35-/m1/s1. The summed E-state index contributed by atoms with van der Waals surface area (Å²) in [5, 5.41) is 0. The molecular weight excluding hydrogens is 584 g/mol. The van der Waals surface area contributed by atoms with Crippen molar-refractivity contribution in [1.82, 2.24) is 14.7 Å². The summed E-state index contributed by atoms with van der Waals surface area (Å²) >= 11 is 0. The summed E-state index contributed by atoms with van der Waals surface area (Å²) in [5.74, 6) is 1.74. The van der Waals surface area contributed by atoms with Gasteiger partial charge in [0.05, 0.1) is 14.2 Å². The lowest BCUT2D eigenvalue weighted by atomic mass is 9.64. The molecule has 0 spiro atoms. The Morgan fingerprint density at radius 3 is 2.04 bits per heavy atom. The van der Waals surface area contributed by atoms with Crippen LogP contribution in [-0.2, 0) is 16.8 Å². The summed E-state index contributed by atoms with van der Waals surface area (Å²) in [7, 11) is 5.77. The zero-order valence-corrected chi connectivity index (χ0v) is 28.9. The summed E-state index contributed by atoms with van der Waals surface area (Å²) in [5.41, 5.74) is 8.69. The molecule has 0 saturated carbocycles. The number of rotatable bonds is 17. The molecule has 0 aliphatic carbocycles. The van der Waals surface area contributed by atoms with Crippen molar-refractivity contribution in [3.05, 3.63) is 95.6 Å². The molecular formula is C40H56N4O3. The molecule has 5 rings (SSSR count). The molecule has 2 N–H and O–H groups in total. The molecule has 7 nitrogen and oxygen atoms in total. The number of nitrogens with zero attached hydrogens (tertiary/aromatic N) is 3. The van der Waals surface area contributed by atoms with Gasteiger partial charge in [0.1, 0.15) is 16.9 Å². The quantitative estimate of drug-likeness (QED) is 0.174. The molecule has 1 amide bonds. The summed E-state index contributed by atoms with van der Waals surface area (Å²) in [4.78, 5) is 21.0. The Morgan fingerprint density at radius 1 is 0.809 bits per heavy atom. The minimum atomic E-state index is -0.802. The maximum Gasteiger partial charge on any atom is 0.232 e. The van der Waals surface area contributed by atoms with Crippen molar-refractivity contribution in [1.29, 1.82) is 0 Å². The number of nitrogens with two attached hydrogens (primary N) is 1. The highest BCUT2D eigenvalue weighted by atomic mass is 16.5. The topological polar surface area (TPSA) is 71.3 Å². The second kappa shape index (κ2) is 17.1. The van der Waals surface area contributed by atoms with Gasteiger partial charge in [-0.2, -0.15) is 0 Å². The third-order valence-corrected chi connectivity index (χ3v) is 10.8. The summed E-state index contributed by atoms with van der Waals surface area (Å²) in [6, 6.07) is 27.1. The molecule has 0 aromatic heterocycles. The average molecular weight is 641 g/mol. The number of ether oxygens (including phenoxy) is 2. The van der Waals surface area contributed by atoms with Crippen molar-refractivity contribution < 1.29 is 14.3 Å². The van der Waals surface area contributed by atoms with E-state index in [1.54, 1.807) is 14.2 Å². The van der Waals surface area contributed by atoms with Crippen LogP contribution < -0.4 is 15.2 Å². The van der Waals surface area contributed by atoms with Crippen LogP contribution in [0.4, 0.5) is 0 Å². The van der Waals surface area contributed by atoms with Crippen LogP contribution in [0.1, 0.15) is 68.1 Å². The SMILES string of the molecule is COc1ccc(OC)c(CN2CCC(N(C)CCCCCCCN3CC[C@@H](C(C(N)=O)(c4ccccc4)c4ccccc4)C3)CC2)c1. The average Bonchev–Trinajstić information content (AvgIpc) is 3.58. The predicted octanol–water partition coefficient (Wildman–Crippen LogP) is 6.34. The molecule has 0 unspecified atom stereocenters. The predicted molar refractivity (Wildman–Crippen MR) is 191 cm³/mol. The first kappa shape index (κ1) is 34.9. The van der Waals surface area contributed by atoms with Gasteiger partial charge in [0, 0.05) is 24.7 Å². The molecule has 1 atom stereocenters. The smallest absolute Gasteiger partial charge is 0.232 e. The lowest BCUT2D eigenvalue weighted by molar-refractivity contribution is -0.123. The van der Waals surface area contributed by atoms with E-state index < -0.39 is 5.41 Å². The fraction of sp³-hybridized carbons (Fsp3) is 0.525. The minimum Gasteiger partial charge on any atom is -0.497 e. The summed E-state index contributed by atoms with van der Waals surface area (Å²) in [6.45, 7) is 7.33. The Morgan fingerprint density at radius 2 is 1.43 bits per heavy atom. The zero-order chi connectivity index (χ0) is 33.1. The number of benzene rings is 3. The molecule has 2 heterocycles. The molecule has 2 saturated heterocycles. The molecule has 3 aromatic rings. The van der Waals surface area contributed by atoms with Gasteiger partial charge in [-0.1, -0.05) is 79.9 Å². The maximum atomic E-state index is 13.3. The van der Waals surface area contributed by atoms with Crippen LogP contribution >= 0.6 is 0 Å². The number of hydrogen-bond donors (Lipinski definition) is 1. The molecule has 3 aromatic carbocycles. The van der Waals surface area contributed by atoms with Gasteiger partial charge in [0.15, 0.2) is 0 Å². The van der Waals surface area contributed by atoms with Crippen LogP contribution in [0, 0.1) is 5.92 Å². The molecule has 254 valence electrons. The van der Waals surface area contributed by atoms with Gasteiger partial charge in [-0.25, -0.2) is 0 Å². The highest BCUT2D eigenvalue weighted by Gasteiger charge is 2.49. The normalized spacial score (nSPS) is 18.1. The van der Waals surface area contributed by atoms with Gasteiger partial charge in [0.2, 0.25) is 5.91 Å². The molecule has 2 aliphatic rings. The van der Waals surface area contributed by atoms with E-state index >= 15 is 0 Å². The van der Waals surface area contributed by atoms with E-state index in [0.29, 0.717) is 6.04 Å². The van der Waals surface area contributed by atoms with E-state index in [9.17, 15) is 4.79 Å². The monoisotopic (exact) mass is 640 g/mol. The van der Waals surface area contributed by atoms with Crippen molar-refractivity contribution >= 4 is 5.91 Å². The fourth-order valence-electron chi connectivity index (χ4n) is 8.09. The van der Waals surface area contributed by atoms with Crippen LogP contribution in [-0.4, -0.2) is 87.2 Å². The van der Waals surface area contributed by atoms with Crippen LogP contribution in [0.5, 0.6) is 11.5 Å². The van der Waals surface area contributed by atoms with E-state index in [4.69, 9.17) is 15.2 Å². The fourth-order valence-corrected chi connectivity index (χ4v) is 8.09. The Bertz CT molecular complexity index is 1340. The number of carbonyl (C=O) groups excluding carboxylic acids is 1. The highest BCUT2D eigenvalue weighted by Crippen LogP contribution is 2.43. The molecule has 0 bridgehead atoms. The van der Waals surface area contributed by atoms with Gasteiger partial charge in [0.25, 0.3) is 0 Å². The summed E-state index contributed by atoms with van der Waals surface area (Å²) < 4.78 is 11.0. The molecule has 47 heavy (non-hydrogen) atoms. The van der Waals surface area contributed by atoms with Crippen molar-refractivity contribution in [2.24, 2.45) is 11.7 Å². The first-order valence-corrected chi connectivity index (χ1v) is 17.7. The van der Waals surface area contributed by atoms with Crippen LogP contribution in [0.3, 0.4) is 0 Å². The molecule has 0 radical (unpaired) electrons. The number of primary amides is 1. The largest absolute Gasteiger partial charge is 0.497 e. The van der Waals surface area contributed by atoms with Gasteiger partial charge >= 0.3 is 0 Å². The second-order valence-electron chi connectivity index (χ2n) is 13.6. The lowest BCUT2D eigenvalue weighted by Crippen LogP contribution is -2.49. The number of hydrogen-bond acceptors (Lipinski definition) is 6. The third kappa shape index (κ3) is 8.56. The first-order chi connectivity index (χ1) is 22.9. The molecule has 7 heteroatoms. The number of likely N-dealkylation sites (tertiary alicyclic amines) is 2. The van der Waals surface area contributed by atoms with Crippen molar-refractivity contribution in [3.8, 4) is 11.5 Å². The van der Waals surface area contributed by atoms with Gasteiger partial charge in [-0.3, -0.25) is 9.69 Å². The summed E-state index contributed by atoms with van der Waals surface area (Å²) in [6.07, 6.45) is 9.70. The van der Waals surface area contributed by atoms with Crippen LogP contribution in [0.15, 0.2) is 78.9 Å². The van der Waals surface area contributed by atoms with Gasteiger partial charge in [-0.05, 0) is 107 Å². The second-order valence-corrected chi connectivity index (χ2v) is 13.6. The van der Waals surface area contributed by atoms with Gasteiger partial charge < -0.3 is 25.0 Å². The van der Waals surface area contributed by atoms with E-state index in [1.165, 1.54) is 57.1 Å². The zero-order valence-electron chi connectivity index (χ0n) is 28.9. The van der Waals surface area contributed by atoms with Gasteiger partial charge in [-0.15, -0.1) is 0 Å². The first-order valence-electron chi connectivity index (χ1n) is 17.7. The number of piperidine rings is 1. The van der Waals surface area contributed by atoms with E-state index in [1.807, 2.05) is 48.5 Å². The minimum absolute atomic E-state index is 0.164. The number of amides is 1. The molecule has 2 aliphatic heterocycles. The number of methoxy groups -OCH3 is 2. The Balaban J connectivity index is 0.999. The maximum absolute atomic E-state index is 13.3. The van der Waals surface area contributed by atoms with Crippen molar-refractivity contribution in [2.45, 2.75) is 69.4 Å². The van der Waals surface area contributed by atoms with E-state index in [2.05, 4.69) is 52.1 Å². The van der Waals surface area contributed by atoms with Crippen LogP contribution in [0.25, 0.3) is 0 Å². The van der Waals surface area contributed by atoms with Crippen molar-refractivity contribution in [3.63, 3.8) is 0 Å². The highest BCUT2D eigenvalue weighted by molar-refractivity contribution is 5.91.